The molecule has 2 heterocycles. The molecule has 0 radical (unpaired) electrons. The van der Waals surface area contributed by atoms with E-state index in [1.165, 1.54) is 31.5 Å². The summed E-state index contributed by atoms with van der Waals surface area (Å²) < 4.78 is 13.6. The van der Waals surface area contributed by atoms with Gasteiger partial charge < -0.3 is 10.2 Å². The zero-order valence-corrected chi connectivity index (χ0v) is 17.4. The second-order valence-electron chi connectivity index (χ2n) is 7.59. The molecule has 1 fully saturated rings. The van der Waals surface area contributed by atoms with Crippen LogP contribution in [0.25, 0.3) is 0 Å². The van der Waals surface area contributed by atoms with Gasteiger partial charge in [-0.15, -0.1) is 24.8 Å². The molecule has 2 aliphatic heterocycles. The first-order valence-electron chi connectivity index (χ1n) is 9.54. The molecular weight excluding hydrogens is 382 g/mol. The Bertz CT molecular complexity index is 718. The Hall–Kier alpha value is -1.29. The number of anilines is 1. The summed E-state index contributed by atoms with van der Waals surface area (Å²) in [6, 6.07) is 16.4. The van der Waals surface area contributed by atoms with Crippen molar-refractivity contribution in [3.05, 3.63) is 65.5 Å². The largest absolute Gasteiger partial charge is 0.382 e. The lowest BCUT2D eigenvalue weighted by molar-refractivity contribution is 0.204. The molecule has 0 aromatic heterocycles. The van der Waals surface area contributed by atoms with E-state index in [2.05, 4.69) is 47.5 Å². The van der Waals surface area contributed by atoms with Crippen LogP contribution in [-0.2, 0) is 0 Å². The van der Waals surface area contributed by atoms with Gasteiger partial charge in [0.1, 0.15) is 5.82 Å². The number of hydrogen-bond acceptors (Lipinski definition) is 2. The predicted octanol–water partition coefficient (Wildman–Crippen LogP) is 5.84. The van der Waals surface area contributed by atoms with Crippen molar-refractivity contribution in [2.75, 3.05) is 25.0 Å². The molecule has 1 saturated heterocycles. The highest BCUT2D eigenvalue weighted by atomic mass is 35.5. The molecule has 0 bridgehead atoms. The third-order valence-corrected chi connectivity index (χ3v) is 6.01. The molecule has 1 N–H and O–H groups in total. The summed E-state index contributed by atoms with van der Waals surface area (Å²) in [5, 5.41) is 3.51. The van der Waals surface area contributed by atoms with E-state index in [-0.39, 0.29) is 30.6 Å². The van der Waals surface area contributed by atoms with Crippen molar-refractivity contribution in [1.82, 2.24) is 4.90 Å². The van der Waals surface area contributed by atoms with Crippen molar-refractivity contribution in [3.8, 4) is 0 Å². The molecule has 27 heavy (non-hydrogen) atoms. The minimum Gasteiger partial charge on any atom is -0.382 e. The summed E-state index contributed by atoms with van der Waals surface area (Å²) in [4.78, 5) is 2.59. The summed E-state index contributed by atoms with van der Waals surface area (Å²) in [5.41, 5.74) is 3.76. The normalized spacial score (nSPS) is 22.3. The summed E-state index contributed by atoms with van der Waals surface area (Å²) in [6.07, 6.45) is 3.59. The van der Waals surface area contributed by atoms with Gasteiger partial charge in [0.2, 0.25) is 0 Å². The van der Waals surface area contributed by atoms with Crippen molar-refractivity contribution in [3.63, 3.8) is 0 Å². The van der Waals surface area contributed by atoms with E-state index in [4.69, 9.17) is 0 Å². The fraction of sp³-hybridized carbons (Fsp3) is 0.455. The second kappa shape index (κ2) is 9.77. The van der Waals surface area contributed by atoms with Crippen molar-refractivity contribution >= 4 is 30.5 Å². The van der Waals surface area contributed by atoms with Crippen LogP contribution in [0.1, 0.15) is 49.1 Å². The summed E-state index contributed by atoms with van der Waals surface area (Å²) in [6.45, 7) is 5.66. The third kappa shape index (κ3) is 4.96. The molecule has 0 aliphatic carbocycles. The molecule has 4 rings (SSSR count). The number of rotatable bonds is 4. The maximum atomic E-state index is 13.6. The second-order valence-corrected chi connectivity index (χ2v) is 7.59. The van der Waals surface area contributed by atoms with Crippen molar-refractivity contribution in [2.24, 2.45) is 0 Å². The monoisotopic (exact) mass is 410 g/mol. The van der Waals surface area contributed by atoms with E-state index in [0.29, 0.717) is 17.9 Å². The van der Waals surface area contributed by atoms with Crippen LogP contribution in [0, 0.1) is 5.82 Å². The zero-order valence-electron chi connectivity index (χ0n) is 15.7. The quantitative estimate of drug-likeness (QED) is 0.680. The smallest absolute Gasteiger partial charge is 0.123 e. The fourth-order valence-corrected chi connectivity index (χ4v) is 4.53. The molecule has 0 saturated carbocycles. The van der Waals surface area contributed by atoms with Gasteiger partial charge in [0.25, 0.3) is 0 Å². The van der Waals surface area contributed by atoms with E-state index in [1.807, 2.05) is 6.07 Å². The molecule has 2 atom stereocenters. The summed E-state index contributed by atoms with van der Waals surface area (Å²) in [5.74, 6) is 1.00. The number of piperidine rings is 1. The first kappa shape index (κ1) is 22.0. The zero-order chi connectivity index (χ0) is 17.2. The predicted molar refractivity (Wildman–Crippen MR) is 116 cm³/mol. The highest BCUT2D eigenvalue weighted by Crippen LogP contribution is 2.38. The topological polar surface area (TPSA) is 15.3 Å². The average Bonchev–Trinajstić information content (AvgIpc) is 2.96. The fourth-order valence-electron chi connectivity index (χ4n) is 4.53. The minimum atomic E-state index is -0.122. The van der Waals surface area contributed by atoms with Crippen LogP contribution in [0.15, 0.2) is 48.5 Å². The SMILES string of the molecule is C[C@@H]1Nc2ccc(F)cc2[C@@H]1CCN1CCC(c2ccccc2)CC1.Cl.Cl. The number of benzene rings is 2. The van der Waals surface area contributed by atoms with Gasteiger partial charge in [-0.25, -0.2) is 4.39 Å². The summed E-state index contributed by atoms with van der Waals surface area (Å²) >= 11 is 0. The van der Waals surface area contributed by atoms with E-state index < -0.39 is 0 Å². The van der Waals surface area contributed by atoms with Gasteiger partial charge in [0, 0.05) is 17.6 Å². The lowest BCUT2D eigenvalue weighted by atomic mass is 9.88. The van der Waals surface area contributed by atoms with Crippen LogP contribution < -0.4 is 5.32 Å². The third-order valence-electron chi connectivity index (χ3n) is 6.01. The van der Waals surface area contributed by atoms with Crippen molar-refractivity contribution < 1.29 is 4.39 Å². The first-order valence-corrected chi connectivity index (χ1v) is 9.54. The van der Waals surface area contributed by atoms with Gasteiger partial charge in [-0.3, -0.25) is 0 Å². The average molecular weight is 411 g/mol. The van der Waals surface area contributed by atoms with Gasteiger partial charge in [-0.2, -0.15) is 0 Å². The van der Waals surface area contributed by atoms with Gasteiger partial charge >= 0.3 is 0 Å². The Morgan fingerprint density at radius 1 is 1.04 bits per heavy atom. The molecule has 0 amide bonds. The van der Waals surface area contributed by atoms with E-state index in [0.717, 1.165) is 24.2 Å². The molecule has 5 heteroatoms. The lowest BCUT2D eigenvalue weighted by Crippen LogP contribution is -2.35. The number of nitrogens with zero attached hydrogens (tertiary/aromatic N) is 1. The van der Waals surface area contributed by atoms with Crippen molar-refractivity contribution in [1.29, 1.82) is 0 Å². The van der Waals surface area contributed by atoms with Crippen LogP contribution in [0.4, 0.5) is 10.1 Å². The van der Waals surface area contributed by atoms with E-state index >= 15 is 0 Å². The Labute approximate surface area is 174 Å². The van der Waals surface area contributed by atoms with Crippen LogP contribution in [-0.4, -0.2) is 30.6 Å². The van der Waals surface area contributed by atoms with Gasteiger partial charge in [0.15, 0.2) is 0 Å². The van der Waals surface area contributed by atoms with Crippen LogP contribution in [0.2, 0.25) is 0 Å². The lowest BCUT2D eigenvalue weighted by Gasteiger charge is -2.33. The van der Waals surface area contributed by atoms with Crippen molar-refractivity contribution in [2.45, 2.75) is 44.1 Å². The Morgan fingerprint density at radius 2 is 1.74 bits per heavy atom. The standard InChI is InChI=1S/C22H27FN2.2ClH/c1-16-20(21-15-19(23)7-8-22(21)24-16)11-14-25-12-9-18(10-13-25)17-5-3-2-4-6-17;;/h2-8,15-16,18,20,24H,9-14H2,1H3;2*1H/t16-,20+;;/m0../s1. The van der Waals surface area contributed by atoms with Crippen LogP contribution in [0.5, 0.6) is 0 Å². The number of likely N-dealkylation sites (tertiary alicyclic amines) is 1. The summed E-state index contributed by atoms with van der Waals surface area (Å²) in [7, 11) is 0. The molecule has 2 aromatic rings. The Morgan fingerprint density at radius 3 is 2.44 bits per heavy atom. The van der Waals surface area contributed by atoms with E-state index in [1.54, 1.807) is 12.1 Å². The number of nitrogens with one attached hydrogen (secondary N) is 1. The minimum absolute atomic E-state index is 0. The van der Waals surface area contributed by atoms with Crippen LogP contribution in [0.3, 0.4) is 0 Å². The first-order chi connectivity index (χ1) is 12.2. The molecule has 2 aromatic carbocycles. The van der Waals surface area contributed by atoms with Gasteiger partial charge in [0.05, 0.1) is 0 Å². The van der Waals surface area contributed by atoms with E-state index in [9.17, 15) is 4.39 Å². The molecule has 0 spiro atoms. The molecule has 148 valence electrons. The highest BCUT2D eigenvalue weighted by Gasteiger charge is 2.30. The Balaban J connectivity index is 0.00000131. The Kier molecular flexibility index (Phi) is 7.96. The van der Waals surface area contributed by atoms with Crippen LogP contribution >= 0.6 is 24.8 Å². The van der Waals surface area contributed by atoms with Gasteiger partial charge in [-0.05, 0) is 81.1 Å². The maximum absolute atomic E-state index is 13.6. The highest BCUT2D eigenvalue weighted by molar-refractivity contribution is 5.85. The molecule has 2 aliphatic rings. The molecule has 0 unspecified atom stereocenters. The number of hydrogen-bond donors (Lipinski definition) is 1. The number of halogens is 3. The number of fused-ring (bicyclic) bond motifs is 1. The maximum Gasteiger partial charge on any atom is 0.123 e. The molecule has 2 nitrogen and oxygen atoms in total. The van der Waals surface area contributed by atoms with Gasteiger partial charge in [-0.1, -0.05) is 30.3 Å². The molecular formula is C22H29Cl2FN2.